The smallest absolute Gasteiger partial charge is 0.251 e. The molecule has 0 saturated carbocycles. The molecule has 0 fully saturated rings. The van der Waals surface area contributed by atoms with Crippen LogP contribution in [0.1, 0.15) is 0 Å². The van der Waals surface area contributed by atoms with Crippen LogP contribution >= 0.6 is 0 Å². The lowest BCUT2D eigenvalue weighted by Crippen LogP contribution is -2.48. The summed E-state index contributed by atoms with van der Waals surface area (Å²) in [4.78, 5) is 9.53. The van der Waals surface area contributed by atoms with Gasteiger partial charge in [0.25, 0.3) is 0 Å². The molecule has 0 aliphatic rings. The normalized spacial score (nSPS) is 15.2. The van der Waals surface area contributed by atoms with Crippen molar-refractivity contribution >= 4 is 6.04 Å². The van der Waals surface area contributed by atoms with Crippen LogP contribution in [-0.4, -0.2) is 43.7 Å². The zero-order valence-electron chi connectivity index (χ0n) is 11.2. The Morgan fingerprint density at radius 3 is 1.00 bits per heavy atom. The molecule has 0 unspecified atom stereocenters. The molecule has 0 aliphatic heterocycles. The Morgan fingerprint density at radius 1 is 0.481 bits per heavy atom. The number of carbonyl (C=O) groups excluding carboxylic acids is 1. The fraction of sp³-hybridized carbons (Fsp3) is 0.857. The topological polar surface area (TPSA) is 63.2 Å². The van der Waals surface area contributed by atoms with Crippen molar-refractivity contribution < 1.29 is 89.9 Å². The summed E-state index contributed by atoms with van der Waals surface area (Å²) < 4.78 is 179. The van der Waals surface area contributed by atoms with E-state index in [1.54, 1.807) is 18.9 Å². The number of alkyl halides is 13. The molecule has 20 heteroatoms. The van der Waals surface area contributed by atoms with Crippen LogP contribution in [0.5, 0.6) is 0 Å². The van der Waals surface area contributed by atoms with Gasteiger partial charge in [-0.3, -0.25) is 4.79 Å². The average molecular weight is 446 g/mol. The predicted octanol–water partition coefficient (Wildman–Crippen LogP) is 3.88. The van der Waals surface area contributed by atoms with Gasteiger partial charge in [-0.2, -0.15) is 17.9 Å². The summed E-state index contributed by atoms with van der Waals surface area (Å²) in [5.74, 6) is 0. The van der Waals surface area contributed by atoms with Gasteiger partial charge in [0.1, 0.15) is 0 Å². The van der Waals surface area contributed by atoms with E-state index in [1.807, 2.05) is 4.74 Å². The molecule has 0 spiro atoms. The first-order valence-corrected chi connectivity index (χ1v) is 5.14. The number of carbonyl (C=O) groups is 1. The highest BCUT2D eigenvalue weighted by Gasteiger charge is 2.62. The summed E-state index contributed by atoms with van der Waals surface area (Å²) in [5, 5.41) is 0. The summed E-state index contributed by atoms with van der Waals surface area (Å²) in [6.45, 7) is 0. The van der Waals surface area contributed by atoms with Gasteiger partial charge < -0.3 is 0 Å². The molecule has 0 radical (unpaired) electrons. The van der Waals surface area contributed by atoms with Crippen LogP contribution in [0, 0.1) is 0 Å². The van der Waals surface area contributed by atoms with Crippen LogP contribution in [0.4, 0.5) is 61.5 Å². The van der Waals surface area contributed by atoms with Crippen molar-refractivity contribution in [2.45, 2.75) is 37.6 Å². The Bertz CT molecular complexity index is 529. The standard InChI is InChI=1S/C7F14O6/c8-1(22)2(9,10)23-4(14,15)25-6(18,19)27-7(20,21)26-5(16,17)24-3(11,12)13. The zero-order valence-corrected chi connectivity index (χ0v) is 11.2. The molecule has 162 valence electrons. The Hall–Kier alpha value is -1.51. The highest BCUT2D eigenvalue weighted by atomic mass is 19.4. The van der Waals surface area contributed by atoms with Crippen molar-refractivity contribution in [1.29, 1.82) is 0 Å². The monoisotopic (exact) mass is 446 g/mol. The molecule has 0 atom stereocenters. The van der Waals surface area contributed by atoms with E-state index in [0.717, 1.165) is 0 Å². The minimum absolute atomic E-state index is 1.62. The molecular weight excluding hydrogens is 446 g/mol. The fourth-order valence-corrected chi connectivity index (χ4v) is 0.822. The van der Waals surface area contributed by atoms with Gasteiger partial charge in [-0.05, 0) is 0 Å². The molecule has 0 N–H and O–H groups in total. The lowest BCUT2D eigenvalue weighted by Gasteiger charge is -2.27. The van der Waals surface area contributed by atoms with Crippen molar-refractivity contribution in [3.8, 4) is 0 Å². The van der Waals surface area contributed by atoms with Gasteiger partial charge in [0, 0.05) is 0 Å². The quantitative estimate of drug-likeness (QED) is 0.289. The molecule has 27 heavy (non-hydrogen) atoms. The van der Waals surface area contributed by atoms with Crippen LogP contribution < -0.4 is 0 Å². The minimum Gasteiger partial charge on any atom is -0.251 e. The molecule has 0 amide bonds. The minimum atomic E-state index is -6.61. The van der Waals surface area contributed by atoms with Crippen LogP contribution in [0.3, 0.4) is 0 Å². The van der Waals surface area contributed by atoms with Gasteiger partial charge in [-0.15, -0.1) is 48.3 Å². The van der Waals surface area contributed by atoms with Crippen molar-refractivity contribution in [1.82, 2.24) is 0 Å². The maximum Gasteiger partial charge on any atom is 0.529 e. The van der Waals surface area contributed by atoms with Gasteiger partial charge >= 0.3 is 43.7 Å². The average Bonchev–Trinajstić information content (AvgIpc) is 2.15. The maximum absolute atomic E-state index is 12.6. The molecule has 0 rings (SSSR count). The lowest BCUT2D eigenvalue weighted by atomic mass is 10.7. The Morgan fingerprint density at radius 2 is 0.741 bits per heavy atom. The summed E-state index contributed by atoms with van der Waals surface area (Å²) in [6.07, 6.45) is -38.6. The van der Waals surface area contributed by atoms with Gasteiger partial charge in [-0.1, -0.05) is 0 Å². The lowest BCUT2D eigenvalue weighted by molar-refractivity contribution is -0.624. The third-order valence-electron chi connectivity index (χ3n) is 1.42. The number of hydrogen-bond acceptors (Lipinski definition) is 6. The highest BCUT2D eigenvalue weighted by molar-refractivity contribution is 5.74. The van der Waals surface area contributed by atoms with Gasteiger partial charge in [0.05, 0.1) is 0 Å². The van der Waals surface area contributed by atoms with E-state index in [1.165, 1.54) is 0 Å². The van der Waals surface area contributed by atoms with Crippen molar-refractivity contribution in [2.24, 2.45) is 0 Å². The largest absolute Gasteiger partial charge is 0.529 e. The first-order chi connectivity index (χ1) is 11.5. The fourth-order valence-electron chi connectivity index (χ4n) is 0.822. The Kier molecular flexibility index (Phi) is 7.07. The van der Waals surface area contributed by atoms with Gasteiger partial charge in [0.15, 0.2) is 0 Å². The van der Waals surface area contributed by atoms with Crippen molar-refractivity contribution in [2.75, 3.05) is 0 Å². The SMILES string of the molecule is O=C(F)C(F)(F)OC(F)(F)OC(F)(F)OC(F)(F)OC(F)(F)OC(F)(F)F. The summed E-state index contributed by atoms with van der Waals surface area (Å²) in [7, 11) is 0. The first kappa shape index (κ1) is 25.5. The summed E-state index contributed by atoms with van der Waals surface area (Å²) in [6, 6.07) is -3.99. The summed E-state index contributed by atoms with van der Waals surface area (Å²) >= 11 is 0. The molecule has 6 nitrogen and oxygen atoms in total. The molecule has 0 aliphatic carbocycles. The van der Waals surface area contributed by atoms with Crippen molar-refractivity contribution in [3.63, 3.8) is 0 Å². The number of hydrogen-bond donors (Lipinski definition) is 0. The van der Waals surface area contributed by atoms with Crippen LogP contribution in [0.15, 0.2) is 0 Å². The van der Waals surface area contributed by atoms with Crippen LogP contribution in [0.25, 0.3) is 0 Å². The summed E-state index contributed by atoms with van der Waals surface area (Å²) in [5.41, 5.74) is 0. The number of halogens is 14. The zero-order chi connectivity index (χ0) is 22.1. The van der Waals surface area contributed by atoms with Crippen LogP contribution in [-0.2, 0) is 28.5 Å². The van der Waals surface area contributed by atoms with Crippen LogP contribution in [0.2, 0.25) is 0 Å². The highest BCUT2D eigenvalue weighted by Crippen LogP contribution is 2.40. The molecule has 0 saturated heterocycles. The molecule has 0 heterocycles. The van der Waals surface area contributed by atoms with Gasteiger partial charge in [-0.25, -0.2) is 18.9 Å². The van der Waals surface area contributed by atoms with E-state index >= 15 is 0 Å². The number of ether oxygens (including phenoxy) is 5. The number of rotatable bonds is 10. The predicted molar refractivity (Wildman–Crippen MR) is 42.3 cm³/mol. The second kappa shape index (κ2) is 7.48. The van der Waals surface area contributed by atoms with E-state index in [2.05, 4.69) is 0 Å². The van der Waals surface area contributed by atoms with Crippen molar-refractivity contribution in [3.05, 3.63) is 0 Å². The van der Waals surface area contributed by atoms with E-state index in [-0.39, 0.29) is 0 Å². The van der Waals surface area contributed by atoms with E-state index in [9.17, 15) is 66.3 Å². The maximum atomic E-state index is 12.6. The first-order valence-electron chi connectivity index (χ1n) is 5.14. The molecule has 0 aromatic carbocycles. The van der Waals surface area contributed by atoms with Gasteiger partial charge in [0.2, 0.25) is 0 Å². The third-order valence-corrected chi connectivity index (χ3v) is 1.42. The Balaban J connectivity index is 5.14. The molecular formula is C7F14O6. The second-order valence-electron chi connectivity index (χ2n) is 3.60. The third kappa shape index (κ3) is 10.4. The van der Waals surface area contributed by atoms with E-state index < -0.39 is 43.7 Å². The second-order valence-corrected chi connectivity index (χ2v) is 3.60. The molecule has 0 aromatic rings. The van der Waals surface area contributed by atoms with E-state index in [0.29, 0.717) is 0 Å². The van der Waals surface area contributed by atoms with E-state index in [4.69, 9.17) is 0 Å². The molecule has 0 bridgehead atoms. The molecule has 0 aromatic heterocycles. The Labute approximate surface area is 135 Å².